The Balaban J connectivity index is 2.11. The molecule has 0 aliphatic carbocycles. The van der Waals surface area contributed by atoms with Gasteiger partial charge in [0.15, 0.2) is 5.65 Å². The van der Waals surface area contributed by atoms with Crippen LogP contribution in [0.2, 0.25) is 0 Å². The van der Waals surface area contributed by atoms with Crippen LogP contribution in [-0.2, 0) is 4.74 Å². The summed E-state index contributed by atoms with van der Waals surface area (Å²) < 4.78 is 6.85. The molecular weight excluding hydrogens is 384 g/mol. The van der Waals surface area contributed by atoms with Crippen molar-refractivity contribution in [3.63, 3.8) is 0 Å². The van der Waals surface area contributed by atoms with Crippen molar-refractivity contribution < 1.29 is 14.3 Å². The standard InChI is InChI=1S/C21H26N6O3/c1-12-7-13(2)9-14(8-12)24-16-10-17(26(6)20(29)30-21(3,4)5)27-19(25-16)15(11-23-27)18(22)28/h7-11H,1-6H3,(H2,22,28)(H,24,25). The number of anilines is 3. The van der Waals surface area contributed by atoms with E-state index in [4.69, 9.17) is 10.5 Å². The first kappa shape index (κ1) is 21.1. The summed E-state index contributed by atoms with van der Waals surface area (Å²) in [6, 6.07) is 7.67. The van der Waals surface area contributed by atoms with Gasteiger partial charge >= 0.3 is 6.09 Å². The van der Waals surface area contributed by atoms with Gasteiger partial charge in [-0.25, -0.2) is 9.78 Å². The summed E-state index contributed by atoms with van der Waals surface area (Å²) in [7, 11) is 1.56. The molecule has 0 saturated heterocycles. The Morgan fingerprint density at radius 1 is 1.13 bits per heavy atom. The molecule has 0 saturated carbocycles. The van der Waals surface area contributed by atoms with Gasteiger partial charge < -0.3 is 15.8 Å². The summed E-state index contributed by atoms with van der Waals surface area (Å²) in [5, 5.41) is 7.43. The number of fused-ring (bicyclic) bond motifs is 1. The van der Waals surface area contributed by atoms with Crippen molar-refractivity contribution in [2.24, 2.45) is 5.73 Å². The largest absolute Gasteiger partial charge is 0.443 e. The Bertz CT molecular complexity index is 1110. The van der Waals surface area contributed by atoms with Crippen LogP contribution in [0.25, 0.3) is 5.65 Å². The van der Waals surface area contributed by atoms with E-state index in [1.54, 1.807) is 33.9 Å². The van der Waals surface area contributed by atoms with Crippen molar-refractivity contribution in [3.8, 4) is 0 Å². The Morgan fingerprint density at radius 2 is 1.77 bits per heavy atom. The molecule has 0 bridgehead atoms. The smallest absolute Gasteiger partial charge is 0.415 e. The highest BCUT2D eigenvalue weighted by Gasteiger charge is 2.24. The molecule has 2 amide bonds. The van der Waals surface area contributed by atoms with E-state index in [0.717, 1.165) is 16.8 Å². The average molecular weight is 410 g/mol. The highest BCUT2D eigenvalue weighted by atomic mass is 16.6. The number of benzene rings is 1. The quantitative estimate of drug-likeness (QED) is 0.680. The van der Waals surface area contributed by atoms with Crippen molar-refractivity contribution in [1.82, 2.24) is 14.6 Å². The van der Waals surface area contributed by atoms with Gasteiger partial charge in [0.1, 0.15) is 22.8 Å². The molecule has 0 atom stereocenters. The van der Waals surface area contributed by atoms with Crippen molar-refractivity contribution in [3.05, 3.63) is 47.2 Å². The lowest BCUT2D eigenvalue weighted by Gasteiger charge is -2.25. The number of nitrogens with two attached hydrogens (primary N) is 1. The monoisotopic (exact) mass is 410 g/mol. The molecule has 2 aromatic heterocycles. The molecule has 0 fully saturated rings. The van der Waals surface area contributed by atoms with Gasteiger partial charge in [0.05, 0.1) is 6.20 Å². The SMILES string of the molecule is Cc1cc(C)cc(Nc2cc(N(C)C(=O)OC(C)(C)C)n3ncc(C(N)=O)c3n2)c1. The Hall–Kier alpha value is -3.62. The number of nitrogens with one attached hydrogen (secondary N) is 1. The molecule has 0 radical (unpaired) electrons. The van der Waals surface area contributed by atoms with E-state index < -0.39 is 17.6 Å². The number of primary amides is 1. The van der Waals surface area contributed by atoms with E-state index in [2.05, 4.69) is 21.5 Å². The third kappa shape index (κ3) is 4.51. The minimum atomic E-state index is -0.667. The summed E-state index contributed by atoms with van der Waals surface area (Å²) >= 11 is 0. The van der Waals surface area contributed by atoms with Gasteiger partial charge in [-0.15, -0.1) is 0 Å². The number of amides is 2. The fourth-order valence-electron chi connectivity index (χ4n) is 3.04. The second-order valence-corrected chi connectivity index (χ2v) is 8.20. The average Bonchev–Trinajstić information content (AvgIpc) is 3.02. The van der Waals surface area contributed by atoms with Crippen LogP contribution in [0.1, 0.15) is 42.3 Å². The molecule has 3 aromatic rings. The van der Waals surface area contributed by atoms with E-state index in [9.17, 15) is 9.59 Å². The van der Waals surface area contributed by atoms with Crippen LogP contribution in [-0.4, -0.2) is 39.2 Å². The van der Waals surface area contributed by atoms with E-state index in [-0.39, 0.29) is 11.2 Å². The van der Waals surface area contributed by atoms with Gasteiger partial charge in [0.25, 0.3) is 5.91 Å². The summed E-state index contributed by atoms with van der Waals surface area (Å²) in [6.07, 6.45) is 0.765. The molecule has 9 heteroatoms. The topological polar surface area (TPSA) is 115 Å². The van der Waals surface area contributed by atoms with Gasteiger partial charge in [0, 0.05) is 18.8 Å². The van der Waals surface area contributed by atoms with Gasteiger partial charge in [-0.1, -0.05) is 6.07 Å². The first-order valence-corrected chi connectivity index (χ1v) is 9.45. The summed E-state index contributed by atoms with van der Waals surface area (Å²) in [6.45, 7) is 9.35. The zero-order chi connectivity index (χ0) is 22.2. The molecule has 0 spiro atoms. The first-order chi connectivity index (χ1) is 13.9. The molecule has 0 unspecified atom stereocenters. The van der Waals surface area contributed by atoms with Gasteiger partial charge in [0.2, 0.25) is 0 Å². The number of aromatic nitrogens is 3. The third-order valence-electron chi connectivity index (χ3n) is 4.22. The first-order valence-electron chi connectivity index (χ1n) is 9.45. The van der Waals surface area contributed by atoms with Gasteiger partial charge in [-0.3, -0.25) is 9.69 Å². The summed E-state index contributed by atoms with van der Waals surface area (Å²) in [5.41, 5.74) is 8.21. The van der Waals surface area contributed by atoms with Crippen molar-refractivity contribution >= 4 is 35.0 Å². The van der Waals surface area contributed by atoms with Crippen LogP contribution in [0.3, 0.4) is 0 Å². The molecule has 0 aliphatic rings. The predicted molar refractivity (Wildman–Crippen MR) is 115 cm³/mol. The highest BCUT2D eigenvalue weighted by molar-refractivity contribution is 5.99. The molecule has 3 N–H and O–H groups in total. The maximum atomic E-state index is 12.6. The van der Waals surface area contributed by atoms with Crippen LogP contribution >= 0.6 is 0 Å². The second-order valence-electron chi connectivity index (χ2n) is 8.20. The van der Waals surface area contributed by atoms with E-state index in [1.165, 1.54) is 15.6 Å². The molecule has 9 nitrogen and oxygen atoms in total. The van der Waals surface area contributed by atoms with Crippen LogP contribution in [0.4, 0.5) is 22.1 Å². The number of aryl methyl sites for hydroxylation is 2. The highest BCUT2D eigenvalue weighted by Crippen LogP contribution is 2.26. The molecule has 1 aromatic carbocycles. The predicted octanol–water partition coefficient (Wildman–Crippen LogP) is 3.56. The minimum absolute atomic E-state index is 0.151. The van der Waals surface area contributed by atoms with E-state index >= 15 is 0 Å². The number of carbonyl (C=O) groups is 2. The maximum Gasteiger partial charge on any atom is 0.415 e. The van der Waals surface area contributed by atoms with Crippen molar-refractivity contribution in [1.29, 1.82) is 0 Å². The molecule has 30 heavy (non-hydrogen) atoms. The minimum Gasteiger partial charge on any atom is -0.443 e. The zero-order valence-corrected chi connectivity index (χ0v) is 18.0. The number of hydrogen-bond acceptors (Lipinski definition) is 6. The lowest BCUT2D eigenvalue weighted by atomic mass is 10.1. The molecule has 0 aliphatic heterocycles. The number of nitrogens with zero attached hydrogens (tertiary/aromatic N) is 4. The Kier molecular flexibility index (Phi) is 5.39. The second kappa shape index (κ2) is 7.66. The van der Waals surface area contributed by atoms with Crippen molar-refractivity contribution in [2.45, 2.75) is 40.2 Å². The van der Waals surface area contributed by atoms with Gasteiger partial charge in [-0.05, 0) is 57.9 Å². The molecule has 2 heterocycles. The number of ether oxygens (including phenoxy) is 1. The van der Waals surface area contributed by atoms with Crippen LogP contribution in [0.15, 0.2) is 30.5 Å². The van der Waals surface area contributed by atoms with Crippen LogP contribution < -0.4 is 16.0 Å². The fraction of sp³-hybridized carbons (Fsp3) is 0.333. The Morgan fingerprint density at radius 3 is 2.33 bits per heavy atom. The van der Waals surface area contributed by atoms with Crippen LogP contribution in [0, 0.1) is 13.8 Å². The van der Waals surface area contributed by atoms with Crippen LogP contribution in [0.5, 0.6) is 0 Å². The van der Waals surface area contributed by atoms with Crippen molar-refractivity contribution in [2.75, 3.05) is 17.3 Å². The number of rotatable bonds is 4. The lowest BCUT2D eigenvalue weighted by Crippen LogP contribution is -2.35. The molecule has 158 valence electrons. The van der Waals surface area contributed by atoms with E-state index in [1.807, 2.05) is 26.0 Å². The number of hydrogen-bond donors (Lipinski definition) is 2. The summed E-state index contributed by atoms with van der Waals surface area (Å²) in [4.78, 5) is 30.3. The zero-order valence-electron chi connectivity index (χ0n) is 18.0. The third-order valence-corrected chi connectivity index (χ3v) is 4.22. The fourth-order valence-corrected chi connectivity index (χ4v) is 3.04. The summed E-state index contributed by atoms with van der Waals surface area (Å²) in [5.74, 6) is 0.140. The molecular formula is C21H26N6O3. The lowest BCUT2D eigenvalue weighted by molar-refractivity contribution is 0.0587. The maximum absolute atomic E-state index is 12.6. The van der Waals surface area contributed by atoms with E-state index in [0.29, 0.717) is 11.6 Å². The number of carbonyl (C=O) groups excluding carboxylic acids is 2. The van der Waals surface area contributed by atoms with Gasteiger partial charge in [-0.2, -0.15) is 9.61 Å². The Labute approximate surface area is 174 Å². The molecule has 3 rings (SSSR count). The normalized spacial score (nSPS) is 11.4.